The molecule has 6 nitrogen and oxygen atoms in total. The van der Waals surface area contributed by atoms with Gasteiger partial charge in [0, 0.05) is 6.42 Å². The van der Waals surface area contributed by atoms with Gasteiger partial charge in [0.2, 0.25) is 0 Å². The summed E-state index contributed by atoms with van der Waals surface area (Å²) in [5.74, 6) is -1.97. The van der Waals surface area contributed by atoms with Crippen molar-refractivity contribution < 1.29 is 24.0 Å². The van der Waals surface area contributed by atoms with Crippen molar-refractivity contribution >= 4 is 17.8 Å². The Hall–Kier alpha value is -1.59. The van der Waals surface area contributed by atoms with Crippen LogP contribution in [0.25, 0.3) is 0 Å². The zero-order chi connectivity index (χ0) is 13.7. The van der Waals surface area contributed by atoms with E-state index < -0.39 is 23.8 Å². The lowest BCUT2D eigenvalue weighted by Crippen LogP contribution is -2.33. The summed E-state index contributed by atoms with van der Waals surface area (Å²) in [6.07, 6.45) is 1.30. The van der Waals surface area contributed by atoms with E-state index in [-0.39, 0.29) is 13.0 Å². The summed E-state index contributed by atoms with van der Waals surface area (Å²) in [5, 5.41) is 0.963. The Balaban J connectivity index is 2.43. The van der Waals surface area contributed by atoms with E-state index in [4.69, 9.17) is 4.84 Å². The number of esters is 1. The molecule has 1 amide bonds. The maximum Gasteiger partial charge on any atom is 0.332 e. The predicted octanol–water partition coefficient (Wildman–Crippen LogP) is 0.902. The first-order valence-corrected chi connectivity index (χ1v) is 6.05. The van der Waals surface area contributed by atoms with Crippen LogP contribution in [0.1, 0.15) is 33.1 Å². The quantitative estimate of drug-likeness (QED) is 0.540. The summed E-state index contributed by atoms with van der Waals surface area (Å²) in [6.45, 7) is 4.25. The molecule has 18 heavy (non-hydrogen) atoms. The minimum atomic E-state index is -0.840. The normalized spacial score (nSPS) is 19.2. The van der Waals surface area contributed by atoms with Gasteiger partial charge in [0.25, 0.3) is 5.91 Å². The molecule has 0 N–H and O–H groups in total. The summed E-state index contributed by atoms with van der Waals surface area (Å²) >= 11 is 0. The standard InChI is InChI=1S/C12H19NO5/c1-8(2)4-5-10(14)18-13-7-6-9(11(13)15)12(16)17-3/h8-9H,4-7H2,1-3H3. The van der Waals surface area contributed by atoms with Crippen molar-refractivity contribution in [1.82, 2.24) is 5.06 Å². The second-order valence-electron chi connectivity index (χ2n) is 4.70. The summed E-state index contributed by atoms with van der Waals surface area (Å²) in [4.78, 5) is 39.4. The molecule has 0 saturated carbocycles. The molecule has 1 fully saturated rings. The van der Waals surface area contributed by atoms with Gasteiger partial charge >= 0.3 is 11.9 Å². The Morgan fingerprint density at radius 2 is 2.11 bits per heavy atom. The monoisotopic (exact) mass is 257 g/mol. The molecule has 1 heterocycles. The van der Waals surface area contributed by atoms with Crippen LogP contribution in [0.4, 0.5) is 0 Å². The van der Waals surface area contributed by atoms with E-state index >= 15 is 0 Å². The second kappa shape index (κ2) is 6.37. The van der Waals surface area contributed by atoms with E-state index in [1.807, 2.05) is 13.8 Å². The highest BCUT2D eigenvalue weighted by Gasteiger charge is 2.39. The van der Waals surface area contributed by atoms with E-state index in [0.29, 0.717) is 18.8 Å². The van der Waals surface area contributed by atoms with Crippen LogP contribution in [0.3, 0.4) is 0 Å². The molecule has 0 bridgehead atoms. The molecule has 0 aromatic heterocycles. The number of rotatable bonds is 5. The largest absolute Gasteiger partial charge is 0.468 e. The third-order valence-corrected chi connectivity index (χ3v) is 2.79. The highest BCUT2D eigenvalue weighted by atomic mass is 16.7. The maximum absolute atomic E-state index is 11.7. The van der Waals surface area contributed by atoms with Crippen LogP contribution >= 0.6 is 0 Å². The van der Waals surface area contributed by atoms with E-state index in [1.54, 1.807) is 0 Å². The van der Waals surface area contributed by atoms with Gasteiger partial charge in [-0.3, -0.25) is 9.59 Å². The maximum atomic E-state index is 11.7. The molecule has 1 saturated heterocycles. The number of carbonyl (C=O) groups is 3. The van der Waals surface area contributed by atoms with Crippen molar-refractivity contribution in [3.8, 4) is 0 Å². The molecule has 0 aliphatic carbocycles. The molecular formula is C12H19NO5. The topological polar surface area (TPSA) is 72.9 Å². The first-order chi connectivity index (χ1) is 8.45. The number of hydrogen-bond donors (Lipinski definition) is 0. The number of carbonyl (C=O) groups excluding carboxylic acids is 3. The first kappa shape index (κ1) is 14.5. The van der Waals surface area contributed by atoms with Gasteiger partial charge in [-0.15, -0.1) is 0 Å². The molecule has 1 unspecified atom stereocenters. The Morgan fingerprint density at radius 3 is 2.67 bits per heavy atom. The van der Waals surface area contributed by atoms with Crippen molar-refractivity contribution in [3.63, 3.8) is 0 Å². The molecule has 1 atom stereocenters. The summed E-state index contributed by atoms with van der Waals surface area (Å²) < 4.78 is 4.51. The highest BCUT2D eigenvalue weighted by molar-refractivity contribution is 5.99. The fourth-order valence-corrected chi connectivity index (χ4v) is 1.68. The molecule has 102 valence electrons. The van der Waals surface area contributed by atoms with E-state index in [2.05, 4.69) is 4.74 Å². The van der Waals surface area contributed by atoms with Crippen molar-refractivity contribution in [2.45, 2.75) is 33.1 Å². The molecule has 0 aromatic rings. The van der Waals surface area contributed by atoms with Crippen LogP contribution in [0.2, 0.25) is 0 Å². The van der Waals surface area contributed by atoms with Gasteiger partial charge in [-0.25, -0.2) is 4.79 Å². The van der Waals surface area contributed by atoms with Crippen molar-refractivity contribution in [2.75, 3.05) is 13.7 Å². The first-order valence-electron chi connectivity index (χ1n) is 6.05. The average molecular weight is 257 g/mol. The van der Waals surface area contributed by atoms with Crippen LogP contribution in [0.5, 0.6) is 0 Å². The van der Waals surface area contributed by atoms with Gasteiger partial charge in [0.05, 0.1) is 13.7 Å². The van der Waals surface area contributed by atoms with Crippen molar-refractivity contribution in [2.24, 2.45) is 11.8 Å². The Bertz CT molecular complexity index is 339. The second-order valence-corrected chi connectivity index (χ2v) is 4.70. The zero-order valence-corrected chi connectivity index (χ0v) is 11.0. The lowest BCUT2D eigenvalue weighted by molar-refractivity contribution is -0.194. The fraction of sp³-hybridized carbons (Fsp3) is 0.750. The van der Waals surface area contributed by atoms with Crippen LogP contribution in [-0.2, 0) is 24.0 Å². The Kier molecular flexibility index (Phi) is 5.12. The molecular weight excluding hydrogens is 238 g/mol. The molecule has 0 aromatic carbocycles. The van der Waals surface area contributed by atoms with Crippen LogP contribution in [-0.4, -0.2) is 36.6 Å². The number of ether oxygens (including phenoxy) is 1. The van der Waals surface area contributed by atoms with Crippen LogP contribution in [0.15, 0.2) is 0 Å². The van der Waals surface area contributed by atoms with E-state index in [9.17, 15) is 14.4 Å². The minimum Gasteiger partial charge on any atom is -0.468 e. The van der Waals surface area contributed by atoms with Gasteiger partial charge in [-0.05, 0) is 18.8 Å². The van der Waals surface area contributed by atoms with Crippen molar-refractivity contribution in [3.05, 3.63) is 0 Å². The summed E-state index contributed by atoms with van der Waals surface area (Å²) in [7, 11) is 1.23. The molecule has 1 aliphatic rings. The van der Waals surface area contributed by atoms with Crippen LogP contribution < -0.4 is 0 Å². The van der Waals surface area contributed by atoms with Gasteiger partial charge in [-0.2, -0.15) is 5.06 Å². The molecule has 1 rings (SSSR count). The molecule has 1 aliphatic heterocycles. The lowest BCUT2D eigenvalue weighted by atomic mass is 10.1. The number of nitrogens with zero attached hydrogens (tertiary/aromatic N) is 1. The van der Waals surface area contributed by atoms with Gasteiger partial charge in [0.15, 0.2) is 0 Å². The van der Waals surface area contributed by atoms with E-state index in [1.165, 1.54) is 7.11 Å². The predicted molar refractivity (Wildman–Crippen MR) is 62.0 cm³/mol. The number of hydrogen-bond acceptors (Lipinski definition) is 5. The van der Waals surface area contributed by atoms with Crippen LogP contribution in [0, 0.1) is 11.8 Å². The number of hydroxylamine groups is 2. The Morgan fingerprint density at radius 1 is 1.44 bits per heavy atom. The highest BCUT2D eigenvalue weighted by Crippen LogP contribution is 2.20. The van der Waals surface area contributed by atoms with Crippen molar-refractivity contribution in [1.29, 1.82) is 0 Å². The molecule has 6 heteroatoms. The fourth-order valence-electron chi connectivity index (χ4n) is 1.68. The zero-order valence-electron chi connectivity index (χ0n) is 11.0. The Labute approximate surface area is 106 Å². The molecule has 0 radical (unpaired) electrons. The average Bonchev–Trinajstić information content (AvgIpc) is 2.67. The summed E-state index contributed by atoms with van der Waals surface area (Å²) in [5.41, 5.74) is 0. The number of methoxy groups -OCH3 is 1. The van der Waals surface area contributed by atoms with Gasteiger partial charge < -0.3 is 9.57 Å². The summed E-state index contributed by atoms with van der Waals surface area (Å²) in [6, 6.07) is 0. The van der Waals surface area contributed by atoms with Gasteiger partial charge in [0.1, 0.15) is 5.92 Å². The SMILES string of the molecule is COC(=O)C1CCN(OC(=O)CCC(C)C)C1=O. The third-order valence-electron chi connectivity index (χ3n) is 2.79. The smallest absolute Gasteiger partial charge is 0.332 e. The third kappa shape index (κ3) is 3.72. The van der Waals surface area contributed by atoms with E-state index in [0.717, 1.165) is 5.06 Å². The molecule has 0 spiro atoms. The minimum absolute atomic E-state index is 0.242. The number of amides is 1. The lowest BCUT2D eigenvalue weighted by Gasteiger charge is -2.15. The van der Waals surface area contributed by atoms with Gasteiger partial charge in [-0.1, -0.05) is 13.8 Å².